The summed E-state index contributed by atoms with van der Waals surface area (Å²) in [7, 11) is 1.23. The van der Waals surface area contributed by atoms with E-state index in [0.717, 1.165) is 0 Å². The van der Waals surface area contributed by atoms with Crippen molar-refractivity contribution in [2.45, 2.75) is 44.9 Å². The highest BCUT2D eigenvalue weighted by molar-refractivity contribution is 5.88. The van der Waals surface area contributed by atoms with Crippen LogP contribution in [0.2, 0.25) is 0 Å². The normalized spacial score (nSPS) is 16.7. The molecule has 2 amide bonds. The molecule has 2 aromatic carbocycles. The predicted octanol–water partition coefficient (Wildman–Crippen LogP) is 3.86. The van der Waals surface area contributed by atoms with Gasteiger partial charge in [0.2, 0.25) is 5.91 Å². The van der Waals surface area contributed by atoms with E-state index in [2.05, 4.69) is 70.9 Å². The molecule has 1 aliphatic carbocycles. The number of alkyl carbamates (subject to hydrolysis) is 1. The number of rotatable bonds is 5. The first-order chi connectivity index (χ1) is 17.7. The van der Waals surface area contributed by atoms with E-state index in [1.807, 2.05) is 0 Å². The SMILES string of the molecule is COC(=O)C(CC(=O)N1CCN(C2c3ccccc3C=Cc3ccccc32)CC1)NC(=O)OC(C)(C)C. The Morgan fingerprint density at radius 2 is 1.46 bits per heavy atom. The molecule has 0 radical (unpaired) electrons. The van der Waals surface area contributed by atoms with Gasteiger partial charge in [0.05, 0.1) is 19.6 Å². The number of esters is 1. The van der Waals surface area contributed by atoms with Gasteiger partial charge in [0.1, 0.15) is 11.6 Å². The largest absolute Gasteiger partial charge is 0.467 e. The number of piperazine rings is 1. The number of carbonyl (C=O) groups is 3. The zero-order valence-corrected chi connectivity index (χ0v) is 21.9. The van der Waals surface area contributed by atoms with Crippen molar-refractivity contribution < 1.29 is 23.9 Å². The van der Waals surface area contributed by atoms with Gasteiger partial charge in [-0.3, -0.25) is 9.69 Å². The summed E-state index contributed by atoms with van der Waals surface area (Å²) in [6.45, 7) is 7.59. The van der Waals surface area contributed by atoms with Crippen molar-refractivity contribution in [1.29, 1.82) is 0 Å². The predicted molar refractivity (Wildman–Crippen MR) is 142 cm³/mol. The van der Waals surface area contributed by atoms with Crippen LogP contribution in [0.3, 0.4) is 0 Å². The molecule has 1 saturated heterocycles. The maximum atomic E-state index is 13.1. The quantitative estimate of drug-likeness (QED) is 0.621. The fourth-order valence-corrected chi connectivity index (χ4v) is 4.88. The summed E-state index contributed by atoms with van der Waals surface area (Å²) in [5.74, 6) is -0.897. The van der Waals surface area contributed by atoms with Crippen LogP contribution in [0.15, 0.2) is 48.5 Å². The lowest BCUT2D eigenvalue weighted by molar-refractivity contribution is -0.146. The average Bonchev–Trinajstić information content (AvgIpc) is 3.04. The Hall–Kier alpha value is -3.65. The highest BCUT2D eigenvalue weighted by Crippen LogP contribution is 2.37. The van der Waals surface area contributed by atoms with Crippen LogP contribution in [0.4, 0.5) is 4.79 Å². The Morgan fingerprint density at radius 3 is 1.97 bits per heavy atom. The van der Waals surface area contributed by atoms with Crippen LogP contribution in [0.1, 0.15) is 55.5 Å². The molecule has 1 fully saturated rings. The molecule has 1 atom stereocenters. The molecule has 0 bridgehead atoms. The highest BCUT2D eigenvalue weighted by atomic mass is 16.6. The summed E-state index contributed by atoms with van der Waals surface area (Å²) in [6, 6.07) is 15.8. The topological polar surface area (TPSA) is 88.2 Å². The van der Waals surface area contributed by atoms with Gasteiger partial charge in [-0.15, -0.1) is 0 Å². The number of amides is 2. The van der Waals surface area contributed by atoms with Gasteiger partial charge in [-0.1, -0.05) is 60.7 Å². The number of methoxy groups -OCH3 is 1. The highest BCUT2D eigenvalue weighted by Gasteiger charge is 2.33. The second kappa shape index (κ2) is 11.2. The summed E-state index contributed by atoms with van der Waals surface area (Å²) in [4.78, 5) is 41.8. The molecule has 1 aliphatic heterocycles. The molecule has 196 valence electrons. The lowest BCUT2D eigenvalue weighted by atomic mass is 9.92. The van der Waals surface area contributed by atoms with Crippen LogP contribution in [0.5, 0.6) is 0 Å². The first kappa shape index (κ1) is 26.4. The van der Waals surface area contributed by atoms with E-state index in [1.165, 1.54) is 29.4 Å². The van der Waals surface area contributed by atoms with Crippen molar-refractivity contribution in [3.05, 3.63) is 70.8 Å². The van der Waals surface area contributed by atoms with Crippen LogP contribution in [-0.2, 0) is 19.1 Å². The number of hydrogen-bond donors (Lipinski definition) is 1. The summed E-state index contributed by atoms with van der Waals surface area (Å²) in [6.07, 6.45) is 3.38. The minimum Gasteiger partial charge on any atom is -0.467 e. The molecule has 1 N–H and O–H groups in total. The third kappa shape index (κ3) is 6.38. The van der Waals surface area contributed by atoms with Gasteiger partial charge >= 0.3 is 12.1 Å². The van der Waals surface area contributed by atoms with Crippen molar-refractivity contribution in [3.63, 3.8) is 0 Å². The van der Waals surface area contributed by atoms with Crippen molar-refractivity contribution >= 4 is 30.1 Å². The van der Waals surface area contributed by atoms with E-state index in [-0.39, 0.29) is 18.4 Å². The Kier molecular flexibility index (Phi) is 7.97. The first-order valence-corrected chi connectivity index (χ1v) is 12.6. The molecule has 2 aromatic rings. The average molecular weight is 506 g/mol. The molecule has 8 nitrogen and oxygen atoms in total. The zero-order valence-electron chi connectivity index (χ0n) is 21.9. The number of ether oxygens (including phenoxy) is 2. The summed E-state index contributed by atoms with van der Waals surface area (Å²) in [5, 5.41) is 2.48. The zero-order chi connectivity index (χ0) is 26.6. The number of fused-ring (bicyclic) bond motifs is 2. The fraction of sp³-hybridized carbons (Fsp3) is 0.414. The molecule has 0 spiro atoms. The van der Waals surface area contributed by atoms with Crippen molar-refractivity contribution in [2.24, 2.45) is 0 Å². The van der Waals surface area contributed by atoms with Gasteiger partial charge < -0.3 is 19.7 Å². The molecule has 37 heavy (non-hydrogen) atoms. The van der Waals surface area contributed by atoms with E-state index >= 15 is 0 Å². The van der Waals surface area contributed by atoms with Crippen LogP contribution in [0, 0.1) is 0 Å². The number of hydrogen-bond acceptors (Lipinski definition) is 6. The van der Waals surface area contributed by atoms with Crippen molar-refractivity contribution in [3.8, 4) is 0 Å². The van der Waals surface area contributed by atoms with Gasteiger partial charge in [0.15, 0.2) is 0 Å². The van der Waals surface area contributed by atoms with E-state index in [0.29, 0.717) is 26.2 Å². The third-order valence-electron chi connectivity index (χ3n) is 6.61. The molecule has 1 unspecified atom stereocenters. The van der Waals surface area contributed by atoms with E-state index in [9.17, 15) is 14.4 Å². The lowest BCUT2D eigenvalue weighted by Crippen LogP contribution is -2.52. The maximum Gasteiger partial charge on any atom is 0.408 e. The second-order valence-corrected chi connectivity index (χ2v) is 10.3. The molecule has 1 heterocycles. The molecular formula is C29H35N3O5. The summed E-state index contributed by atoms with van der Waals surface area (Å²) in [5.41, 5.74) is 4.15. The van der Waals surface area contributed by atoms with Gasteiger partial charge in [0, 0.05) is 26.2 Å². The Balaban J connectivity index is 1.44. The van der Waals surface area contributed by atoms with E-state index in [1.54, 1.807) is 25.7 Å². The molecule has 8 heteroatoms. The van der Waals surface area contributed by atoms with E-state index in [4.69, 9.17) is 9.47 Å². The minimum atomic E-state index is -1.11. The van der Waals surface area contributed by atoms with Crippen LogP contribution in [0.25, 0.3) is 12.2 Å². The van der Waals surface area contributed by atoms with Crippen LogP contribution < -0.4 is 5.32 Å². The smallest absolute Gasteiger partial charge is 0.408 e. The molecule has 0 saturated carbocycles. The Bertz CT molecular complexity index is 1130. The molecule has 2 aliphatic rings. The minimum absolute atomic E-state index is 0.0799. The molecule has 4 rings (SSSR count). The standard InChI is InChI=1S/C29H35N3O5/c1-29(2,3)37-28(35)30-24(27(34)36-4)19-25(33)31-15-17-32(18-16-31)26-22-11-7-5-9-20(22)13-14-21-10-6-8-12-23(21)26/h5-14,24,26H,15-19H2,1-4H3,(H,30,35). The second-order valence-electron chi connectivity index (χ2n) is 10.3. The monoisotopic (exact) mass is 505 g/mol. The first-order valence-electron chi connectivity index (χ1n) is 12.6. The maximum absolute atomic E-state index is 13.1. The molecule has 0 aromatic heterocycles. The van der Waals surface area contributed by atoms with Crippen molar-refractivity contribution in [1.82, 2.24) is 15.1 Å². The lowest BCUT2D eigenvalue weighted by Gasteiger charge is -2.40. The fourth-order valence-electron chi connectivity index (χ4n) is 4.88. The number of nitrogens with zero attached hydrogens (tertiary/aromatic N) is 2. The summed E-state index contributed by atoms with van der Waals surface area (Å²) >= 11 is 0. The third-order valence-corrected chi connectivity index (χ3v) is 6.61. The number of carbonyl (C=O) groups excluding carboxylic acids is 3. The van der Waals surface area contributed by atoms with Crippen molar-refractivity contribution in [2.75, 3.05) is 33.3 Å². The van der Waals surface area contributed by atoms with E-state index < -0.39 is 23.7 Å². The van der Waals surface area contributed by atoms with Gasteiger partial charge in [-0.2, -0.15) is 0 Å². The van der Waals surface area contributed by atoms with Crippen LogP contribution in [-0.4, -0.2) is 72.7 Å². The van der Waals surface area contributed by atoms with Gasteiger partial charge in [0.25, 0.3) is 0 Å². The van der Waals surface area contributed by atoms with Crippen LogP contribution >= 0.6 is 0 Å². The number of nitrogens with one attached hydrogen (secondary N) is 1. The van der Waals surface area contributed by atoms with Gasteiger partial charge in [-0.25, -0.2) is 9.59 Å². The Morgan fingerprint density at radius 1 is 0.919 bits per heavy atom. The number of benzene rings is 2. The summed E-state index contributed by atoms with van der Waals surface area (Å²) < 4.78 is 10.1. The van der Waals surface area contributed by atoms with Gasteiger partial charge in [-0.05, 0) is 43.0 Å². The Labute approximate surface area is 218 Å². The molecular weight excluding hydrogens is 470 g/mol.